The molecule has 4 bridgehead atoms. The highest BCUT2D eigenvalue weighted by atomic mass is 32.2. The van der Waals surface area contributed by atoms with Crippen molar-refractivity contribution in [3.8, 4) is 0 Å². The summed E-state index contributed by atoms with van der Waals surface area (Å²) in [5.74, 6) is -4.36. The quantitative estimate of drug-likeness (QED) is 0.467. The molecule has 5 unspecified atom stereocenters. The standard InChI is InChI=1S/C19H24F2O6S2/c1-17(20,21)16(23)27-18-5-9-3-10(6-18)19(11(4-9)7-18)28-12-13(29-19)15(25-8-24-2)26-14(12)22/h9-13,15H,3-8H2,1-2H3. The van der Waals surface area contributed by atoms with Crippen LogP contribution in [0.1, 0.15) is 39.0 Å². The van der Waals surface area contributed by atoms with E-state index in [0.717, 1.165) is 12.8 Å². The Balaban J connectivity index is 1.37. The van der Waals surface area contributed by atoms with Crippen LogP contribution in [0, 0.1) is 17.8 Å². The van der Waals surface area contributed by atoms with Gasteiger partial charge in [0.05, 0.1) is 9.33 Å². The summed E-state index contributed by atoms with van der Waals surface area (Å²) in [6, 6.07) is 0. The molecule has 1 spiro atoms. The van der Waals surface area contributed by atoms with Crippen molar-refractivity contribution in [1.82, 2.24) is 0 Å². The number of halogens is 2. The van der Waals surface area contributed by atoms with Crippen molar-refractivity contribution in [3.05, 3.63) is 0 Å². The third-order valence-electron chi connectivity index (χ3n) is 6.95. The highest BCUT2D eigenvalue weighted by molar-refractivity contribution is 8.22. The van der Waals surface area contributed by atoms with Crippen LogP contribution in [-0.2, 0) is 28.5 Å². The van der Waals surface area contributed by atoms with E-state index in [1.807, 2.05) is 0 Å². The molecule has 5 atom stereocenters. The van der Waals surface area contributed by atoms with Crippen LogP contribution in [0.2, 0.25) is 0 Å². The van der Waals surface area contributed by atoms with Gasteiger partial charge in [0.15, 0.2) is 6.79 Å². The van der Waals surface area contributed by atoms with E-state index in [2.05, 4.69) is 0 Å². The van der Waals surface area contributed by atoms with Gasteiger partial charge < -0.3 is 18.9 Å². The number of rotatable bonds is 5. The predicted molar refractivity (Wildman–Crippen MR) is 101 cm³/mol. The molecule has 162 valence electrons. The molecule has 0 radical (unpaired) electrons. The van der Waals surface area contributed by atoms with Gasteiger partial charge in [-0.05, 0) is 49.9 Å². The second-order valence-corrected chi connectivity index (χ2v) is 12.2. The van der Waals surface area contributed by atoms with Crippen LogP contribution in [0.4, 0.5) is 8.78 Å². The van der Waals surface area contributed by atoms with E-state index in [1.165, 1.54) is 7.11 Å². The monoisotopic (exact) mass is 450 g/mol. The summed E-state index contributed by atoms with van der Waals surface area (Å²) in [7, 11) is 1.52. The van der Waals surface area contributed by atoms with Crippen LogP contribution >= 0.6 is 23.5 Å². The van der Waals surface area contributed by atoms with Crippen LogP contribution in [-0.4, -0.2) is 58.2 Å². The van der Waals surface area contributed by atoms with Crippen molar-refractivity contribution >= 4 is 35.5 Å². The Morgan fingerprint density at radius 2 is 1.93 bits per heavy atom. The van der Waals surface area contributed by atoms with E-state index >= 15 is 0 Å². The van der Waals surface area contributed by atoms with Crippen LogP contribution in [0.15, 0.2) is 0 Å². The first-order valence-electron chi connectivity index (χ1n) is 9.94. The fraction of sp³-hybridized carbons (Fsp3) is 0.895. The molecule has 2 saturated heterocycles. The zero-order valence-electron chi connectivity index (χ0n) is 16.2. The number of esters is 2. The fourth-order valence-corrected chi connectivity index (χ4v) is 10.5. The molecule has 0 aromatic carbocycles. The van der Waals surface area contributed by atoms with Crippen molar-refractivity contribution in [1.29, 1.82) is 0 Å². The van der Waals surface area contributed by atoms with Crippen LogP contribution < -0.4 is 0 Å². The molecule has 4 aliphatic carbocycles. The maximum atomic E-state index is 13.5. The maximum absolute atomic E-state index is 13.5. The molecule has 6 aliphatic rings. The van der Waals surface area contributed by atoms with Gasteiger partial charge in [0.2, 0.25) is 6.29 Å². The Morgan fingerprint density at radius 3 is 2.55 bits per heavy atom. The lowest BCUT2D eigenvalue weighted by molar-refractivity contribution is -0.208. The molecule has 2 heterocycles. The van der Waals surface area contributed by atoms with E-state index in [1.54, 1.807) is 23.5 Å². The Hall–Kier alpha value is -0.580. The number of ether oxygens (including phenoxy) is 4. The average Bonchev–Trinajstić information content (AvgIpc) is 3.15. The molecule has 4 saturated carbocycles. The van der Waals surface area contributed by atoms with Gasteiger partial charge in [-0.3, -0.25) is 4.79 Å². The molecule has 10 heteroatoms. The van der Waals surface area contributed by atoms with Gasteiger partial charge in [-0.25, -0.2) is 4.79 Å². The van der Waals surface area contributed by atoms with Crippen molar-refractivity contribution in [2.45, 2.75) is 71.4 Å². The Bertz CT molecular complexity index is 712. The molecule has 0 aromatic heterocycles. The molecule has 6 fully saturated rings. The molecule has 2 aliphatic heterocycles. The van der Waals surface area contributed by atoms with Gasteiger partial charge in [-0.1, -0.05) is 0 Å². The molecule has 0 amide bonds. The summed E-state index contributed by atoms with van der Waals surface area (Å²) in [6.45, 7) is 0.644. The van der Waals surface area contributed by atoms with E-state index in [9.17, 15) is 18.4 Å². The highest BCUT2D eigenvalue weighted by Crippen LogP contribution is 2.73. The normalized spacial score (nSPS) is 47.5. The van der Waals surface area contributed by atoms with E-state index < -0.39 is 23.8 Å². The largest absolute Gasteiger partial charge is 0.455 e. The summed E-state index contributed by atoms with van der Waals surface area (Å²) in [5.41, 5.74) is -0.788. The number of fused-ring (bicyclic) bond motifs is 1. The summed E-state index contributed by atoms with van der Waals surface area (Å²) in [4.78, 5) is 24.4. The number of methoxy groups -OCH3 is 1. The number of carbonyl (C=O) groups is 2. The summed E-state index contributed by atoms with van der Waals surface area (Å²) in [5, 5.41) is -0.406. The van der Waals surface area contributed by atoms with Crippen molar-refractivity contribution in [2.75, 3.05) is 13.9 Å². The van der Waals surface area contributed by atoms with Crippen LogP contribution in [0.3, 0.4) is 0 Å². The van der Waals surface area contributed by atoms with Crippen molar-refractivity contribution < 1.29 is 37.3 Å². The molecular formula is C19H24F2O6S2. The van der Waals surface area contributed by atoms with E-state index in [0.29, 0.717) is 32.1 Å². The number of alkyl halides is 2. The second kappa shape index (κ2) is 6.71. The third-order valence-corrected chi connectivity index (χ3v) is 11.3. The highest BCUT2D eigenvalue weighted by Gasteiger charge is 2.70. The van der Waals surface area contributed by atoms with Crippen LogP contribution in [0.5, 0.6) is 0 Å². The number of thioether (sulfide) groups is 2. The third kappa shape index (κ3) is 3.11. The lowest BCUT2D eigenvalue weighted by atomic mass is 9.53. The zero-order valence-corrected chi connectivity index (χ0v) is 17.9. The first-order valence-corrected chi connectivity index (χ1v) is 11.7. The van der Waals surface area contributed by atoms with Gasteiger partial charge in [0.1, 0.15) is 10.9 Å². The minimum absolute atomic E-state index is 0.0542. The number of carbonyl (C=O) groups excluding carboxylic acids is 2. The SMILES string of the molecule is COCOC1OC(=O)C2SC3(SC12)C1CC2CC3CC(OC(=O)C(C)(F)F)(C2)C1. The summed E-state index contributed by atoms with van der Waals surface area (Å²) >= 11 is 3.42. The van der Waals surface area contributed by atoms with Crippen molar-refractivity contribution in [3.63, 3.8) is 0 Å². The number of cyclic esters (lactones) is 1. The molecule has 6 rings (SSSR count). The maximum Gasteiger partial charge on any atom is 0.377 e. The Labute approximate surface area is 176 Å². The topological polar surface area (TPSA) is 71.1 Å². The van der Waals surface area contributed by atoms with Gasteiger partial charge in [0, 0.05) is 14.0 Å². The molecule has 6 nitrogen and oxygen atoms in total. The first kappa shape index (κ1) is 20.3. The number of hydrogen-bond donors (Lipinski definition) is 0. The van der Waals surface area contributed by atoms with Gasteiger partial charge in [-0.2, -0.15) is 8.78 Å². The first-order chi connectivity index (χ1) is 13.7. The number of hydrogen-bond acceptors (Lipinski definition) is 8. The summed E-state index contributed by atoms with van der Waals surface area (Å²) in [6.07, 6.45) is 3.17. The van der Waals surface area contributed by atoms with E-state index in [-0.39, 0.29) is 39.2 Å². The van der Waals surface area contributed by atoms with Crippen LogP contribution in [0.25, 0.3) is 0 Å². The van der Waals surface area contributed by atoms with Gasteiger partial charge >= 0.3 is 17.9 Å². The van der Waals surface area contributed by atoms with Gasteiger partial charge in [0.25, 0.3) is 0 Å². The minimum atomic E-state index is -3.48. The Morgan fingerprint density at radius 1 is 1.24 bits per heavy atom. The predicted octanol–water partition coefficient (Wildman–Crippen LogP) is 3.18. The molecular weight excluding hydrogens is 426 g/mol. The van der Waals surface area contributed by atoms with Gasteiger partial charge in [-0.15, -0.1) is 23.5 Å². The van der Waals surface area contributed by atoms with E-state index in [4.69, 9.17) is 18.9 Å². The average molecular weight is 451 g/mol. The Kier molecular flexibility index (Phi) is 4.70. The second-order valence-electron chi connectivity index (χ2n) is 9.03. The molecule has 0 aromatic rings. The molecule has 0 N–H and O–H groups in total. The van der Waals surface area contributed by atoms with Crippen molar-refractivity contribution in [2.24, 2.45) is 17.8 Å². The summed E-state index contributed by atoms with van der Waals surface area (Å²) < 4.78 is 48.2. The lowest BCUT2D eigenvalue weighted by Gasteiger charge is -2.63. The smallest absolute Gasteiger partial charge is 0.377 e. The molecule has 29 heavy (non-hydrogen) atoms. The zero-order chi connectivity index (χ0) is 20.6. The lowest BCUT2D eigenvalue weighted by Crippen LogP contribution is -2.62. The minimum Gasteiger partial charge on any atom is -0.455 e. The fourth-order valence-electron chi connectivity index (χ4n) is 6.11.